The van der Waals surface area contributed by atoms with E-state index in [-0.39, 0.29) is 0 Å². The zero-order valence-electron chi connectivity index (χ0n) is 13.4. The van der Waals surface area contributed by atoms with Crippen LogP contribution in [0.15, 0.2) is 36.0 Å². The lowest BCUT2D eigenvalue weighted by molar-refractivity contribution is -0.0769. The molecule has 0 aromatic carbocycles. The van der Waals surface area contributed by atoms with Crippen molar-refractivity contribution in [1.29, 1.82) is 0 Å². The summed E-state index contributed by atoms with van der Waals surface area (Å²) < 4.78 is 7.26. The molecule has 0 saturated carbocycles. The molecule has 2 aromatic rings. The van der Waals surface area contributed by atoms with Gasteiger partial charge in [-0.05, 0) is 31.6 Å². The van der Waals surface area contributed by atoms with E-state index in [1.807, 2.05) is 13.8 Å². The number of fused-ring (bicyclic) bond motifs is 1. The summed E-state index contributed by atoms with van der Waals surface area (Å²) in [7, 11) is 0. The number of hydrogen-bond donors (Lipinski definition) is 4. The fourth-order valence-corrected chi connectivity index (χ4v) is 2.82. The van der Waals surface area contributed by atoms with E-state index in [1.165, 1.54) is 12.4 Å². The van der Waals surface area contributed by atoms with Gasteiger partial charge in [-0.25, -0.2) is 9.97 Å². The maximum Gasteiger partial charge on any atom is 0.171 e. The summed E-state index contributed by atoms with van der Waals surface area (Å²) in [6.07, 6.45) is 1.07. The molecule has 3 rings (SSSR count). The second kappa shape index (κ2) is 6.01. The average Bonchev–Trinajstić information content (AvgIpc) is 3.07. The van der Waals surface area contributed by atoms with Crippen LogP contribution in [0.2, 0.25) is 0 Å². The van der Waals surface area contributed by atoms with Crippen molar-refractivity contribution >= 4 is 16.9 Å². The molecule has 8 nitrogen and oxygen atoms in total. The first-order chi connectivity index (χ1) is 11.4. The van der Waals surface area contributed by atoms with Gasteiger partial charge in [0.2, 0.25) is 0 Å². The number of hydrogen-bond acceptors (Lipinski definition) is 7. The third kappa shape index (κ3) is 2.50. The Morgan fingerprint density at radius 3 is 2.92 bits per heavy atom. The van der Waals surface area contributed by atoms with Crippen molar-refractivity contribution < 1.29 is 20.1 Å². The Kier molecular flexibility index (Phi) is 4.16. The van der Waals surface area contributed by atoms with Gasteiger partial charge >= 0.3 is 0 Å². The minimum atomic E-state index is -1.78. The smallest absolute Gasteiger partial charge is 0.171 e. The lowest BCUT2D eigenvalue weighted by atomic mass is 9.93. The molecule has 0 aliphatic carbocycles. The molecule has 0 bridgehead atoms. The van der Waals surface area contributed by atoms with Gasteiger partial charge in [0.15, 0.2) is 11.8 Å². The standard InChI is InChI=1S/C16H20N4O4/c1-9(2)3-5-16(23)12(22)11(7-21)24-15(16)20-6-4-10-13(17)18-8-19-14(10)20/h4-6,8,11-12,15,21-23H,7H2,1-2H3,(H2,17,18,19)/t11-,12-,15-,16-/m1/s1. The second-order valence-corrected chi connectivity index (χ2v) is 6.05. The molecule has 0 amide bonds. The molecular weight excluding hydrogens is 312 g/mol. The largest absolute Gasteiger partial charge is 0.394 e. The van der Waals surface area contributed by atoms with E-state index in [1.54, 1.807) is 16.8 Å². The van der Waals surface area contributed by atoms with E-state index in [9.17, 15) is 15.3 Å². The Morgan fingerprint density at radius 2 is 2.25 bits per heavy atom. The van der Waals surface area contributed by atoms with Crippen LogP contribution in [0, 0.1) is 0 Å². The van der Waals surface area contributed by atoms with Gasteiger partial charge in [-0.2, -0.15) is 0 Å². The van der Waals surface area contributed by atoms with E-state index in [4.69, 9.17) is 10.5 Å². The molecule has 3 heterocycles. The molecule has 1 saturated heterocycles. The molecule has 0 spiro atoms. The van der Waals surface area contributed by atoms with Crippen LogP contribution >= 0.6 is 0 Å². The average molecular weight is 332 g/mol. The van der Waals surface area contributed by atoms with Gasteiger partial charge in [0.25, 0.3) is 0 Å². The molecule has 2 aromatic heterocycles. The molecule has 24 heavy (non-hydrogen) atoms. The number of anilines is 1. The molecule has 1 aliphatic rings. The molecule has 4 atom stereocenters. The summed E-state index contributed by atoms with van der Waals surface area (Å²) >= 11 is 0. The molecule has 5 N–H and O–H groups in total. The number of nitrogens with two attached hydrogens (primary N) is 1. The molecular formula is C16H20N4O4. The minimum Gasteiger partial charge on any atom is -0.394 e. The summed E-state index contributed by atoms with van der Waals surface area (Å²) in [5.41, 5.74) is 8.24. The van der Waals surface area contributed by atoms with Crippen molar-refractivity contribution in [1.82, 2.24) is 14.5 Å². The Labute approximate surface area is 138 Å². The summed E-state index contributed by atoms with van der Waals surface area (Å²) in [5.74, 6) is 0.305. The Balaban J connectivity index is 2.16. The van der Waals surface area contributed by atoms with Crippen molar-refractivity contribution in [3.05, 3.63) is 36.0 Å². The summed E-state index contributed by atoms with van der Waals surface area (Å²) in [6, 6.07) is 1.71. The zero-order chi connectivity index (χ0) is 17.5. The van der Waals surface area contributed by atoms with Crippen LogP contribution in [0.4, 0.5) is 5.82 Å². The fraction of sp³-hybridized carbons (Fsp3) is 0.438. The van der Waals surface area contributed by atoms with Gasteiger partial charge in [-0.3, -0.25) is 0 Å². The number of aromatic nitrogens is 3. The summed E-state index contributed by atoms with van der Waals surface area (Å²) in [6.45, 7) is 3.21. The Morgan fingerprint density at radius 1 is 1.50 bits per heavy atom. The van der Waals surface area contributed by atoms with Crippen molar-refractivity contribution in [2.24, 2.45) is 0 Å². The third-order valence-corrected chi connectivity index (χ3v) is 4.09. The summed E-state index contributed by atoms with van der Waals surface area (Å²) in [5, 5.41) is 31.5. The topological polar surface area (TPSA) is 127 Å². The monoisotopic (exact) mass is 332 g/mol. The van der Waals surface area contributed by atoms with Crippen LogP contribution in [-0.2, 0) is 4.74 Å². The van der Waals surface area contributed by atoms with Gasteiger partial charge in [0, 0.05) is 6.20 Å². The highest BCUT2D eigenvalue weighted by Crippen LogP contribution is 2.41. The van der Waals surface area contributed by atoms with Crippen molar-refractivity contribution in [2.75, 3.05) is 12.3 Å². The first-order valence-corrected chi connectivity index (χ1v) is 7.53. The zero-order valence-corrected chi connectivity index (χ0v) is 13.4. The number of aliphatic hydroxyl groups is 3. The predicted molar refractivity (Wildman–Crippen MR) is 86.8 cm³/mol. The number of nitrogens with zero attached hydrogens (tertiary/aromatic N) is 3. The number of rotatable bonds is 3. The molecule has 0 unspecified atom stereocenters. The summed E-state index contributed by atoms with van der Waals surface area (Å²) in [4.78, 5) is 8.11. The predicted octanol–water partition coefficient (Wildman–Crippen LogP) is 0.116. The van der Waals surface area contributed by atoms with Gasteiger partial charge < -0.3 is 30.4 Å². The van der Waals surface area contributed by atoms with E-state index < -0.39 is 30.6 Å². The lowest BCUT2D eigenvalue weighted by Crippen LogP contribution is -2.45. The first-order valence-electron chi connectivity index (χ1n) is 7.53. The van der Waals surface area contributed by atoms with E-state index >= 15 is 0 Å². The van der Waals surface area contributed by atoms with Gasteiger partial charge in [-0.15, -0.1) is 5.73 Å². The normalized spacial score (nSPS) is 29.6. The van der Waals surface area contributed by atoms with Gasteiger partial charge in [0.1, 0.15) is 30.0 Å². The lowest BCUT2D eigenvalue weighted by Gasteiger charge is -2.28. The molecule has 128 valence electrons. The molecule has 1 fully saturated rings. The Bertz CT molecular complexity index is 823. The maximum absolute atomic E-state index is 11.1. The van der Waals surface area contributed by atoms with Crippen LogP contribution < -0.4 is 5.73 Å². The second-order valence-electron chi connectivity index (χ2n) is 6.05. The molecule has 8 heteroatoms. The van der Waals surface area contributed by atoms with Crippen LogP contribution in [-0.4, -0.2) is 54.3 Å². The van der Waals surface area contributed by atoms with Gasteiger partial charge in [-0.1, -0.05) is 0 Å². The molecule has 1 aliphatic heterocycles. The third-order valence-electron chi connectivity index (χ3n) is 4.09. The quantitative estimate of drug-likeness (QED) is 0.588. The van der Waals surface area contributed by atoms with Gasteiger partial charge in [0.05, 0.1) is 12.0 Å². The van der Waals surface area contributed by atoms with Crippen molar-refractivity contribution in [3.63, 3.8) is 0 Å². The SMILES string of the molecule is CC(C)=C=C[C@@]1(O)[C@H](O)[C@@H](CO)O[C@H]1n1ccc2c(N)ncnc21. The van der Waals surface area contributed by atoms with Crippen molar-refractivity contribution in [3.8, 4) is 0 Å². The molecule has 0 radical (unpaired) electrons. The maximum atomic E-state index is 11.1. The first kappa shape index (κ1) is 16.6. The van der Waals surface area contributed by atoms with Crippen LogP contribution in [0.5, 0.6) is 0 Å². The highest BCUT2D eigenvalue weighted by atomic mass is 16.6. The van der Waals surface area contributed by atoms with Crippen LogP contribution in [0.25, 0.3) is 11.0 Å². The van der Waals surface area contributed by atoms with Crippen molar-refractivity contribution in [2.45, 2.75) is 37.9 Å². The van der Waals surface area contributed by atoms with Crippen LogP contribution in [0.1, 0.15) is 20.1 Å². The number of aliphatic hydroxyl groups excluding tert-OH is 2. The minimum absolute atomic E-state index is 0.305. The highest BCUT2D eigenvalue weighted by molar-refractivity contribution is 5.86. The van der Waals surface area contributed by atoms with E-state index in [0.717, 1.165) is 5.57 Å². The van der Waals surface area contributed by atoms with E-state index in [2.05, 4.69) is 15.7 Å². The fourth-order valence-electron chi connectivity index (χ4n) is 2.82. The number of ether oxygens (including phenoxy) is 1. The Hall–Kier alpha value is -2.22. The highest BCUT2D eigenvalue weighted by Gasteiger charge is 2.55. The van der Waals surface area contributed by atoms with Crippen LogP contribution in [0.3, 0.4) is 0 Å². The van der Waals surface area contributed by atoms with E-state index in [0.29, 0.717) is 16.9 Å². The number of nitrogen functional groups attached to an aromatic ring is 1.